The minimum atomic E-state index is -4.80. The predicted octanol–water partition coefficient (Wildman–Crippen LogP) is 2.89. The summed E-state index contributed by atoms with van der Waals surface area (Å²) in [6.45, 7) is 0. The molecule has 2 amide bonds. The molecule has 0 spiro atoms. The van der Waals surface area contributed by atoms with E-state index >= 15 is 0 Å². The topological polar surface area (TPSA) is 32.3 Å². The number of hydrogen-bond acceptors (Lipinski definition) is 2. The smallest absolute Gasteiger partial charge is 0.307 e. The first-order valence-electron chi connectivity index (χ1n) is 3.83. The van der Waals surface area contributed by atoms with Crippen LogP contribution in [0.25, 0.3) is 0 Å². The van der Waals surface area contributed by atoms with Crippen LogP contribution in [0.5, 0.6) is 0 Å². The molecule has 1 aromatic carbocycles. The molecule has 7 heteroatoms. The van der Waals surface area contributed by atoms with Gasteiger partial charge in [-0.15, -0.1) is 13.2 Å². The van der Waals surface area contributed by atoms with Crippen LogP contribution in [0.3, 0.4) is 0 Å². The number of carbonyl (C=O) groups is 1. The van der Waals surface area contributed by atoms with Crippen LogP contribution >= 0.6 is 12.8 Å². The van der Waals surface area contributed by atoms with Gasteiger partial charge in [0.05, 0.1) is 0 Å². The number of hydrogen-bond donors (Lipinski definition) is 2. The lowest BCUT2D eigenvalue weighted by molar-refractivity contribution is -0.187. The Bertz CT molecular complexity index is 341. The molecule has 0 aromatic heterocycles. The van der Waals surface area contributed by atoms with Gasteiger partial charge in [-0.2, -0.15) is 4.31 Å². The predicted molar refractivity (Wildman–Crippen MR) is 52.3 cm³/mol. The van der Waals surface area contributed by atoms with Crippen molar-refractivity contribution in [2.75, 3.05) is 5.32 Å². The number of rotatable bonds is 1. The minimum absolute atomic E-state index is 0.269. The van der Waals surface area contributed by atoms with Crippen molar-refractivity contribution >= 4 is 24.5 Å². The maximum Gasteiger partial charge on any atom is 0.498 e. The van der Waals surface area contributed by atoms with Crippen LogP contribution in [0.1, 0.15) is 0 Å². The summed E-state index contributed by atoms with van der Waals surface area (Å²) in [6, 6.07) is 6.44. The van der Waals surface area contributed by atoms with E-state index in [9.17, 15) is 18.0 Å². The molecular weight excluding hydrogens is 229 g/mol. The van der Waals surface area contributed by atoms with E-state index in [-0.39, 0.29) is 5.69 Å². The highest BCUT2D eigenvalue weighted by atomic mass is 32.1. The van der Waals surface area contributed by atoms with Crippen molar-refractivity contribution in [3.05, 3.63) is 30.3 Å². The highest BCUT2D eigenvalue weighted by Gasteiger charge is 2.39. The fourth-order valence-corrected chi connectivity index (χ4v) is 0.863. The average Bonchev–Trinajstić information content (AvgIpc) is 2.16. The molecule has 0 heterocycles. The van der Waals surface area contributed by atoms with Crippen LogP contribution in [0.15, 0.2) is 30.3 Å². The number of carbonyl (C=O) groups excluding carboxylic acids is 1. The Kier molecular flexibility index (Phi) is 3.46. The van der Waals surface area contributed by atoms with Gasteiger partial charge in [-0.1, -0.05) is 31.0 Å². The van der Waals surface area contributed by atoms with Gasteiger partial charge in [0.25, 0.3) is 0 Å². The highest BCUT2D eigenvalue weighted by molar-refractivity contribution is 7.78. The average molecular weight is 236 g/mol. The second-order valence-corrected chi connectivity index (χ2v) is 2.98. The van der Waals surface area contributed by atoms with Crippen molar-refractivity contribution < 1.29 is 18.0 Å². The number of thiol groups is 1. The fraction of sp³-hybridized carbons (Fsp3) is 0.125. The van der Waals surface area contributed by atoms with E-state index in [0.717, 1.165) is 0 Å². The third-order valence-corrected chi connectivity index (χ3v) is 1.87. The van der Waals surface area contributed by atoms with Crippen molar-refractivity contribution in [2.45, 2.75) is 6.30 Å². The summed E-state index contributed by atoms with van der Waals surface area (Å²) in [6.07, 6.45) is -4.80. The lowest BCUT2D eigenvalue weighted by Crippen LogP contribution is -2.38. The number of nitrogens with zero attached hydrogens (tertiary/aromatic N) is 1. The first-order chi connectivity index (χ1) is 6.91. The zero-order valence-corrected chi connectivity index (χ0v) is 8.22. The highest BCUT2D eigenvalue weighted by Crippen LogP contribution is 2.23. The third-order valence-electron chi connectivity index (χ3n) is 1.46. The summed E-state index contributed by atoms with van der Waals surface area (Å²) in [5, 5.41) is 2.04. The van der Waals surface area contributed by atoms with E-state index in [1.807, 2.05) is 5.32 Å². The fourth-order valence-electron chi connectivity index (χ4n) is 0.813. The molecule has 0 bridgehead atoms. The Morgan fingerprint density at radius 1 is 1.27 bits per heavy atom. The van der Waals surface area contributed by atoms with Crippen LogP contribution in [0, 0.1) is 0 Å². The Balaban J connectivity index is 2.65. The molecule has 0 aliphatic heterocycles. The number of urea groups is 1. The minimum Gasteiger partial charge on any atom is -0.307 e. The van der Waals surface area contributed by atoms with Gasteiger partial charge in [0.15, 0.2) is 0 Å². The summed E-state index contributed by atoms with van der Waals surface area (Å²) < 4.78 is 35.3. The lowest BCUT2D eigenvalue weighted by atomic mass is 10.3. The molecule has 0 aliphatic carbocycles. The molecular formula is C8H7F3N2OS. The van der Waals surface area contributed by atoms with Crippen LogP contribution < -0.4 is 5.32 Å². The first kappa shape index (κ1) is 11.7. The second kappa shape index (κ2) is 4.43. The Labute approximate surface area is 89.4 Å². The van der Waals surface area contributed by atoms with E-state index in [1.165, 1.54) is 12.1 Å². The normalized spacial score (nSPS) is 10.9. The monoisotopic (exact) mass is 236 g/mol. The number of benzene rings is 1. The van der Waals surface area contributed by atoms with Gasteiger partial charge in [0, 0.05) is 5.69 Å². The zero-order valence-electron chi connectivity index (χ0n) is 7.32. The number of halogens is 3. The van der Waals surface area contributed by atoms with Crippen molar-refractivity contribution in [1.82, 2.24) is 4.31 Å². The number of anilines is 1. The molecule has 0 saturated heterocycles. The van der Waals surface area contributed by atoms with Crippen molar-refractivity contribution in [2.24, 2.45) is 0 Å². The van der Waals surface area contributed by atoms with Crippen LogP contribution in [0.2, 0.25) is 0 Å². The molecule has 0 saturated carbocycles. The molecule has 0 aliphatic rings. The van der Waals surface area contributed by atoms with Gasteiger partial charge in [-0.05, 0) is 12.1 Å². The molecule has 0 radical (unpaired) electrons. The molecule has 15 heavy (non-hydrogen) atoms. The Morgan fingerprint density at radius 3 is 2.27 bits per heavy atom. The molecule has 1 aromatic rings. The maximum absolute atomic E-state index is 12.0. The van der Waals surface area contributed by atoms with E-state index < -0.39 is 16.6 Å². The van der Waals surface area contributed by atoms with Crippen molar-refractivity contribution in [1.29, 1.82) is 0 Å². The number of amides is 2. The number of para-hydroxylation sites is 1. The second-order valence-electron chi connectivity index (χ2n) is 2.58. The molecule has 0 unspecified atom stereocenters. The van der Waals surface area contributed by atoms with Gasteiger partial charge in [-0.3, -0.25) is 0 Å². The Morgan fingerprint density at radius 2 is 1.80 bits per heavy atom. The summed E-state index contributed by atoms with van der Waals surface area (Å²) in [7, 11) is 0. The largest absolute Gasteiger partial charge is 0.498 e. The van der Waals surface area contributed by atoms with E-state index in [2.05, 4.69) is 12.8 Å². The van der Waals surface area contributed by atoms with Gasteiger partial charge >= 0.3 is 12.3 Å². The van der Waals surface area contributed by atoms with Crippen LogP contribution in [-0.4, -0.2) is 16.6 Å². The van der Waals surface area contributed by atoms with E-state index in [1.54, 1.807) is 18.2 Å². The molecule has 0 fully saturated rings. The van der Waals surface area contributed by atoms with Gasteiger partial charge in [0.2, 0.25) is 0 Å². The maximum atomic E-state index is 12.0. The van der Waals surface area contributed by atoms with Gasteiger partial charge in [0.1, 0.15) is 0 Å². The number of nitrogens with one attached hydrogen (secondary N) is 1. The number of alkyl halides is 3. The SMILES string of the molecule is O=C(Nc1ccccc1)N(S)C(F)(F)F. The third kappa shape index (κ3) is 3.35. The van der Waals surface area contributed by atoms with Crippen LogP contribution in [0.4, 0.5) is 23.7 Å². The summed E-state index contributed by atoms with van der Waals surface area (Å²) >= 11 is 3.03. The lowest BCUT2D eigenvalue weighted by Gasteiger charge is -2.18. The van der Waals surface area contributed by atoms with E-state index in [0.29, 0.717) is 0 Å². The van der Waals surface area contributed by atoms with Gasteiger partial charge < -0.3 is 5.32 Å². The molecule has 1 rings (SSSR count). The molecule has 82 valence electrons. The summed E-state index contributed by atoms with van der Waals surface area (Å²) in [4.78, 5) is 11.0. The standard InChI is InChI=1S/C8H7F3N2OS/c9-8(10,11)13(15)7(14)12-6-4-2-1-3-5-6/h1-5,15H,(H,12,14). The Hall–Kier alpha value is -1.37. The van der Waals surface area contributed by atoms with Crippen LogP contribution in [-0.2, 0) is 0 Å². The molecule has 0 atom stereocenters. The zero-order chi connectivity index (χ0) is 11.5. The van der Waals surface area contributed by atoms with Crippen molar-refractivity contribution in [3.63, 3.8) is 0 Å². The van der Waals surface area contributed by atoms with Gasteiger partial charge in [-0.25, -0.2) is 4.79 Å². The van der Waals surface area contributed by atoms with E-state index in [4.69, 9.17) is 0 Å². The first-order valence-corrected chi connectivity index (χ1v) is 4.23. The molecule has 1 N–H and O–H groups in total. The van der Waals surface area contributed by atoms with Crippen molar-refractivity contribution in [3.8, 4) is 0 Å². The summed E-state index contributed by atoms with van der Waals surface area (Å²) in [5.41, 5.74) is 0.269. The summed E-state index contributed by atoms with van der Waals surface area (Å²) in [5.74, 6) is 0. The molecule has 3 nitrogen and oxygen atoms in total. The quantitative estimate of drug-likeness (QED) is 0.570.